The smallest absolute Gasteiger partial charge is 0.312 e. The Morgan fingerprint density at radius 1 is 1.33 bits per heavy atom. The van der Waals surface area contributed by atoms with Crippen molar-refractivity contribution in [3.8, 4) is 0 Å². The molecule has 1 fully saturated rings. The van der Waals surface area contributed by atoms with Gasteiger partial charge in [0.05, 0.1) is 36.3 Å². The number of ether oxygens (including phenoxy) is 1. The molecule has 1 aromatic heterocycles. The number of nitrogens with zero attached hydrogens (tertiary/aromatic N) is 4. The molecule has 0 N–H and O–H groups in total. The Kier molecular flexibility index (Phi) is 7.72. The maximum atomic E-state index is 13.1. The zero-order valence-electron chi connectivity index (χ0n) is 20.7. The third kappa shape index (κ3) is 5.02. The largest absolute Gasteiger partial charge is 0.469 e. The molecule has 2 aliphatic rings. The number of carbonyl (C=O) groups is 2. The van der Waals surface area contributed by atoms with E-state index in [1.54, 1.807) is 18.0 Å². The minimum Gasteiger partial charge on any atom is -0.469 e. The summed E-state index contributed by atoms with van der Waals surface area (Å²) in [5, 5.41) is 0. The highest BCUT2D eigenvalue weighted by Gasteiger charge is 2.40. The molecule has 0 spiro atoms. The highest BCUT2D eigenvalue weighted by Crippen LogP contribution is 2.42. The number of allylic oxidation sites excluding steroid dienone is 2. The van der Waals surface area contributed by atoms with Gasteiger partial charge >= 0.3 is 5.97 Å². The molecule has 2 heterocycles. The number of esters is 1. The predicted octanol–water partition coefficient (Wildman–Crippen LogP) is 4.99. The van der Waals surface area contributed by atoms with Gasteiger partial charge in [0.15, 0.2) is 5.82 Å². The van der Waals surface area contributed by atoms with Crippen LogP contribution in [0, 0.1) is 5.92 Å². The lowest BCUT2D eigenvalue weighted by Gasteiger charge is -2.44. The second kappa shape index (κ2) is 10.3. The lowest BCUT2D eigenvalue weighted by molar-refractivity contribution is -0.143. The van der Waals surface area contributed by atoms with Gasteiger partial charge in [0.25, 0.3) is 0 Å². The number of carbonyl (C=O) groups excluding carboxylic acids is 2. The molecule has 7 nitrogen and oxygen atoms in total. The summed E-state index contributed by atoms with van der Waals surface area (Å²) in [7, 11) is 3.20. The number of fused-ring (bicyclic) bond motifs is 1. The number of rotatable bonds is 7. The number of anilines is 2. The van der Waals surface area contributed by atoms with E-state index >= 15 is 0 Å². The molecule has 3 rings (SSSR count). The normalized spacial score (nSPS) is 20.7. The zero-order valence-corrected chi connectivity index (χ0v) is 20.7. The Hall–Kier alpha value is -2.96. The van der Waals surface area contributed by atoms with Crippen molar-refractivity contribution < 1.29 is 14.3 Å². The van der Waals surface area contributed by atoms with Crippen molar-refractivity contribution in [1.82, 2.24) is 4.98 Å². The van der Waals surface area contributed by atoms with Gasteiger partial charge in [0.1, 0.15) is 6.04 Å². The van der Waals surface area contributed by atoms with Crippen molar-refractivity contribution in [2.75, 3.05) is 24.0 Å². The third-order valence-corrected chi connectivity index (χ3v) is 6.62. The van der Waals surface area contributed by atoms with E-state index in [0.29, 0.717) is 17.6 Å². The highest BCUT2D eigenvalue weighted by atomic mass is 16.5. The Balaban J connectivity index is 2.06. The van der Waals surface area contributed by atoms with Crippen molar-refractivity contribution in [1.29, 1.82) is 0 Å². The molecule has 2 unspecified atom stereocenters. The number of hydrogen-bond donors (Lipinski definition) is 0. The lowest BCUT2D eigenvalue weighted by atomic mass is 10.0. The van der Waals surface area contributed by atoms with Gasteiger partial charge < -0.3 is 14.5 Å². The minimum atomic E-state index is -0.390. The Morgan fingerprint density at radius 2 is 2.00 bits per heavy atom. The number of amides is 1. The third-order valence-electron chi connectivity index (χ3n) is 6.62. The quantitative estimate of drug-likeness (QED) is 0.430. The summed E-state index contributed by atoms with van der Waals surface area (Å²) in [4.78, 5) is 38.3. The number of aliphatic imine (C=N–C) groups is 1. The summed E-state index contributed by atoms with van der Waals surface area (Å²) in [5.41, 5.74) is 4.14. The molecule has 1 saturated carbocycles. The van der Waals surface area contributed by atoms with Crippen LogP contribution in [-0.2, 0) is 14.3 Å². The van der Waals surface area contributed by atoms with Crippen LogP contribution >= 0.6 is 0 Å². The molecule has 33 heavy (non-hydrogen) atoms. The summed E-state index contributed by atoms with van der Waals surface area (Å²) in [6.45, 7) is 11.7. The van der Waals surface area contributed by atoms with Crippen LogP contribution in [-0.4, -0.2) is 48.8 Å². The number of hydrogen-bond acceptors (Lipinski definition) is 6. The topological polar surface area (TPSA) is 75.1 Å². The first kappa shape index (κ1) is 24.7. The zero-order chi connectivity index (χ0) is 24.3. The van der Waals surface area contributed by atoms with Crippen LogP contribution in [0.4, 0.5) is 17.2 Å². The van der Waals surface area contributed by atoms with Crippen LogP contribution in [0.5, 0.6) is 0 Å². The average molecular weight is 453 g/mol. The van der Waals surface area contributed by atoms with Crippen LogP contribution in [0.1, 0.15) is 59.8 Å². The maximum Gasteiger partial charge on any atom is 0.312 e. The molecule has 1 aliphatic carbocycles. The first-order valence-corrected chi connectivity index (χ1v) is 11.8. The summed E-state index contributed by atoms with van der Waals surface area (Å²) < 4.78 is 4.84. The van der Waals surface area contributed by atoms with E-state index in [1.165, 1.54) is 20.0 Å². The van der Waals surface area contributed by atoms with Gasteiger partial charge in [-0.3, -0.25) is 9.59 Å². The van der Waals surface area contributed by atoms with Crippen molar-refractivity contribution in [3.63, 3.8) is 0 Å². The standard InChI is InChI=1S/C26H36N4O3/c1-8-20-25(31)29(6)22-15-27-23(14-21(22)30(20)19-11-9-10-12-19)28-24(16(2)3)17(4)13-18(5)26(32)33-7/h13-15,18-20H,2,8-12H2,1,3-7H3. The van der Waals surface area contributed by atoms with E-state index in [2.05, 4.69) is 23.4 Å². The summed E-state index contributed by atoms with van der Waals surface area (Å²) in [6.07, 6.45) is 8.90. The van der Waals surface area contributed by atoms with Gasteiger partial charge in [0.2, 0.25) is 5.91 Å². The SMILES string of the molecule is C=C(C)C(=Nc1cc2c(cn1)N(C)C(=O)C(CC)N2C1CCCC1)C(C)=CC(C)C(=O)OC. The van der Waals surface area contributed by atoms with Gasteiger partial charge in [-0.2, -0.15) is 0 Å². The Labute approximate surface area is 197 Å². The second-order valence-corrected chi connectivity index (χ2v) is 9.10. The molecular formula is C26H36N4O3. The van der Waals surface area contributed by atoms with Crippen LogP contribution in [0.25, 0.3) is 0 Å². The maximum absolute atomic E-state index is 13.1. The van der Waals surface area contributed by atoms with Crippen molar-refractivity contribution in [2.45, 2.75) is 71.9 Å². The number of aromatic nitrogens is 1. The summed E-state index contributed by atoms with van der Waals surface area (Å²) in [6, 6.07) is 2.17. The van der Waals surface area contributed by atoms with Crippen LogP contribution in [0.2, 0.25) is 0 Å². The fourth-order valence-corrected chi connectivity index (χ4v) is 4.93. The van der Waals surface area contributed by atoms with E-state index in [4.69, 9.17) is 9.73 Å². The number of pyridine rings is 1. The molecule has 0 radical (unpaired) electrons. The number of likely N-dealkylation sites (N-methyl/N-ethyl adjacent to an activating group) is 1. The molecule has 7 heteroatoms. The molecule has 178 valence electrons. The molecule has 1 aromatic rings. The average Bonchev–Trinajstić information content (AvgIpc) is 3.32. The van der Waals surface area contributed by atoms with E-state index in [0.717, 1.165) is 41.8 Å². The first-order valence-electron chi connectivity index (χ1n) is 11.8. The fraction of sp³-hybridized carbons (Fsp3) is 0.538. The molecule has 0 saturated heterocycles. The van der Waals surface area contributed by atoms with E-state index in [-0.39, 0.29) is 23.8 Å². The van der Waals surface area contributed by atoms with Gasteiger partial charge in [-0.05, 0) is 51.2 Å². The highest BCUT2D eigenvalue weighted by molar-refractivity contribution is 6.12. The van der Waals surface area contributed by atoms with Crippen molar-refractivity contribution in [3.05, 3.63) is 36.1 Å². The van der Waals surface area contributed by atoms with E-state index in [9.17, 15) is 9.59 Å². The monoisotopic (exact) mass is 452 g/mol. The van der Waals surface area contributed by atoms with Gasteiger partial charge in [-0.1, -0.05) is 32.4 Å². The summed E-state index contributed by atoms with van der Waals surface area (Å²) >= 11 is 0. The Bertz CT molecular complexity index is 991. The molecule has 2 atom stereocenters. The van der Waals surface area contributed by atoms with Crippen LogP contribution < -0.4 is 9.80 Å². The number of methoxy groups -OCH3 is 1. The van der Waals surface area contributed by atoms with Gasteiger partial charge in [0, 0.05) is 19.2 Å². The molecular weight excluding hydrogens is 416 g/mol. The van der Waals surface area contributed by atoms with Gasteiger partial charge in [-0.15, -0.1) is 0 Å². The molecule has 0 aromatic carbocycles. The predicted molar refractivity (Wildman–Crippen MR) is 133 cm³/mol. The van der Waals surface area contributed by atoms with Crippen molar-refractivity contribution >= 4 is 34.8 Å². The molecule has 1 aliphatic heterocycles. The summed E-state index contributed by atoms with van der Waals surface area (Å²) in [5.74, 6) is -0.00863. The van der Waals surface area contributed by atoms with Crippen LogP contribution in [0.3, 0.4) is 0 Å². The lowest BCUT2D eigenvalue weighted by Crippen LogP contribution is -2.55. The Morgan fingerprint density at radius 3 is 2.58 bits per heavy atom. The van der Waals surface area contributed by atoms with E-state index in [1.807, 2.05) is 33.0 Å². The van der Waals surface area contributed by atoms with Gasteiger partial charge in [-0.25, -0.2) is 9.98 Å². The molecule has 1 amide bonds. The molecule has 0 bridgehead atoms. The second-order valence-electron chi connectivity index (χ2n) is 9.10. The van der Waals surface area contributed by atoms with E-state index < -0.39 is 0 Å². The first-order chi connectivity index (χ1) is 15.7. The van der Waals surface area contributed by atoms with Crippen LogP contribution in [0.15, 0.2) is 41.1 Å². The van der Waals surface area contributed by atoms with Crippen molar-refractivity contribution in [2.24, 2.45) is 10.9 Å². The fourth-order valence-electron chi connectivity index (χ4n) is 4.93. The minimum absolute atomic E-state index is 0.119.